The van der Waals surface area contributed by atoms with Gasteiger partial charge in [-0.1, -0.05) is 41.0 Å². The van der Waals surface area contributed by atoms with Crippen molar-refractivity contribution in [2.24, 2.45) is 12.8 Å². The molecule has 0 aliphatic carbocycles. The summed E-state index contributed by atoms with van der Waals surface area (Å²) in [5.41, 5.74) is 11.6. The maximum atomic E-state index is 12.9. The summed E-state index contributed by atoms with van der Waals surface area (Å²) in [5.74, 6) is 0.709. The normalized spacial score (nSPS) is 17.5. The Morgan fingerprint density at radius 3 is 2.92 bits per heavy atom. The fourth-order valence-corrected chi connectivity index (χ4v) is 4.22. The van der Waals surface area contributed by atoms with E-state index in [1.807, 2.05) is 4.90 Å². The zero-order chi connectivity index (χ0) is 18.8. The van der Waals surface area contributed by atoms with Crippen molar-refractivity contribution in [1.29, 1.82) is 0 Å². The van der Waals surface area contributed by atoms with Crippen molar-refractivity contribution < 1.29 is 0 Å². The topological polar surface area (TPSA) is 102 Å². The van der Waals surface area contributed by atoms with E-state index in [-0.39, 0.29) is 17.4 Å². The van der Waals surface area contributed by atoms with Crippen molar-refractivity contribution in [3.05, 3.63) is 38.6 Å². The molecule has 1 fully saturated rings. The lowest BCUT2D eigenvalue weighted by Gasteiger charge is -2.34. The predicted octanol–water partition coefficient (Wildman–Crippen LogP) is 1.56. The number of nitrogens with zero attached hydrogens (tertiary/aromatic N) is 3. The minimum Gasteiger partial charge on any atom is -0.382 e. The van der Waals surface area contributed by atoms with E-state index < -0.39 is 0 Å². The third-order valence-electron chi connectivity index (χ3n) is 4.20. The van der Waals surface area contributed by atoms with E-state index in [0.29, 0.717) is 38.9 Å². The summed E-state index contributed by atoms with van der Waals surface area (Å²) in [6.07, 6.45) is 0. The van der Waals surface area contributed by atoms with Crippen molar-refractivity contribution in [1.82, 2.24) is 14.9 Å². The monoisotopic (exact) mass is 414 g/mol. The lowest BCUT2D eigenvalue weighted by atomic mass is 10.2. The van der Waals surface area contributed by atoms with E-state index in [0.717, 1.165) is 13.1 Å². The van der Waals surface area contributed by atoms with Crippen LogP contribution in [0.3, 0.4) is 0 Å². The van der Waals surface area contributed by atoms with Crippen LogP contribution in [0.5, 0.6) is 0 Å². The van der Waals surface area contributed by atoms with Gasteiger partial charge in [-0.25, -0.2) is 0 Å². The average molecular weight is 415 g/mol. The second-order valence-corrected chi connectivity index (χ2v) is 7.81. The van der Waals surface area contributed by atoms with Gasteiger partial charge >= 0.3 is 0 Å². The molecule has 1 aliphatic rings. The lowest BCUT2D eigenvalue weighted by Crippen LogP contribution is -2.54. The molecule has 2 aromatic rings. The number of nitrogens with two attached hydrogens (primary N) is 2. The molecule has 10 heteroatoms. The number of anilines is 2. The summed E-state index contributed by atoms with van der Waals surface area (Å²) in [6, 6.07) is 5.40. The van der Waals surface area contributed by atoms with E-state index in [2.05, 4.69) is 10.3 Å². The van der Waals surface area contributed by atoms with Gasteiger partial charge in [-0.05, 0) is 12.1 Å². The van der Waals surface area contributed by atoms with E-state index >= 15 is 0 Å². The maximum Gasteiger partial charge on any atom is 0.270 e. The summed E-state index contributed by atoms with van der Waals surface area (Å²) >= 11 is 13.4. The first-order valence-corrected chi connectivity index (χ1v) is 9.66. The van der Waals surface area contributed by atoms with E-state index in [9.17, 15) is 4.79 Å². The van der Waals surface area contributed by atoms with E-state index in [4.69, 9.17) is 34.7 Å². The Labute approximate surface area is 165 Å². The average Bonchev–Trinajstić information content (AvgIpc) is 2.65. The number of halogens is 2. The third kappa shape index (κ3) is 3.79. The Kier molecular flexibility index (Phi) is 5.99. The number of hydrogen-bond acceptors (Lipinski definition) is 7. The van der Waals surface area contributed by atoms with Crippen molar-refractivity contribution in [2.45, 2.75) is 15.8 Å². The van der Waals surface area contributed by atoms with Crippen molar-refractivity contribution in [3.63, 3.8) is 0 Å². The summed E-state index contributed by atoms with van der Waals surface area (Å²) in [7, 11) is 1.69. The van der Waals surface area contributed by atoms with Gasteiger partial charge in [0, 0.05) is 44.2 Å². The number of piperazine rings is 1. The fourth-order valence-electron chi connectivity index (χ4n) is 2.80. The number of rotatable bonds is 4. The van der Waals surface area contributed by atoms with Crippen LogP contribution in [0.25, 0.3) is 0 Å². The van der Waals surface area contributed by atoms with Crippen molar-refractivity contribution in [2.75, 3.05) is 36.8 Å². The highest BCUT2D eigenvalue weighted by Crippen LogP contribution is 2.37. The molecule has 140 valence electrons. The molecule has 1 aliphatic heterocycles. The minimum absolute atomic E-state index is 0.154. The van der Waals surface area contributed by atoms with Gasteiger partial charge in [0.1, 0.15) is 10.7 Å². The number of nitrogens with one attached hydrogen (secondary N) is 1. The van der Waals surface area contributed by atoms with Gasteiger partial charge in [-0.3, -0.25) is 9.36 Å². The van der Waals surface area contributed by atoms with Crippen LogP contribution in [0.15, 0.2) is 32.8 Å². The largest absolute Gasteiger partial charge is 0.382 e. The van der Waals surface area contributed by atoms with Gasteiger partial charge in [0.05, 0.1) is 10.0 Å². The minimum atomic E-state index is -0.226. The van der Waals surface area contributed by atoms with Crippen LogP contribution in [0.2, 0.25) is 10.0 Å². The molecule has 1 saturated heterocycles. The van der Waals surface area contributed by atoms with Crippen LogP contribution >= 0.6 is 35.0 Å². The molecule has 1 unspecified atom stereocenters. The first kappa shape index (κ1) is 19.3. The molecular weight excluding hydrogens is 395 g/mol. The fraction of sp³-hybridized carbons (Fsp3) is 0.375. The second kappa shape index (κ2) is 8.06. The van der Waals surface area contributed by atoms with Gasteiger partial charge in [0.2, 0.25) is 5.95 Å². The van der Waals surface area contributed by atoms with Gasteiger partial charge in [-0.2, -0.15) is 4.98 Å². The maximum absolute atomic E-state index is 12.9. The number of aromatic nitrogens is 2. The smallest absolute Gasteiger partial charge is 0.270 e. The zero-order valence-corrected chi connectivity index (χ0v) is 16.5. The van der Waals surface area contributed by atoms with Crippen LogP contribution < -0.4 is 27.2 Å². The standard InChI is InChI=1S/C16H20Cl2N6OS/c1-23-15(25)13(26-11-4-2-3-10(17)12(11)18)14(20)22-16(23)24-6-5-21-9(7-19)8-24/h2-4,9,21H,5-8,19-20H2,1H3. The Hall–Kier alpha value is -1.45. The Morgan fingerprint density at radius 1 is 1.42 bits per heavy atom. The first-order chi connectivity index (χ1) is 12.4. The predicted molar refractivity (Wildman–Crippen MR) is 108 cm³/mol. The molecule has 1 aromatic carbocycles. The molecule has 1 atom stereocenters. The summed E-state index contributed by atoms with van der Waals surface area (Å²) in [4.78, 5) is 20.4. The van der Waals surface area contributed by atoms with Crippen molar-refractivity contribution in [3.8, 4) is 0 Å². The molecular formula is C16H20Cl2N6OS. The van der Waals surface area contributed by atoms with Crippen LogP contribution in [-0.4, -0.2) is 41.8 Å². The number of hydrogen-bond donors (Lipinski definition) is 3. The SMILES string of the molecule is Cn1c(N2CCNC(CN)C2)nc(N)c(Sc2cccc(Cl)c2Cl)c1=O. The highest BCUT2D eigenvalue weighted by Gasteiger charge is 2.24. The summed E-state index contributed by atoms with van der Waals surface area (Å²) < 4.78 is 1.51. The first-order valence-electron chi connectivity index (χ1n) is 8.09. The Balaban J connectivity index is 1.96. The van der Waals surface area contributed by atoms with Crippen LogP contribution in [-0.2, 0) is 7.05 Å². The van der Waals surface area contributed by atoms with Crippen molar-refractivity contribution >= 4 is 46.7 Å². The summed E-state index contributed by atoms with van der Waals surface area (Å²) in [5, 5.41) is 4.14. The van der Waals surface area contributed by atoms with Gasteiger partial charge < -0.3 is 21.7 Å². The van der Waals surface area contributed by atoms with Crippen LogP contribution in [0, 0.1) is 0 Å². The Bertz CT molecular complexity index is 875. The number of nitrogen functional groups attached to an aromatic ring is 1. The summed E-state index contributed by atoms with van der Waals surface area (Å²) in [6.45, 7) is 2.68. The van der Waals surface area contributed by atoms with E-state index in [1.54, 1.807) is 25.2 Å². The lowest BCUT2D eigenvalue weighted by molar-refractivity contribution is 0.454. The van der Waals surface area contributed by atoms with Gasteiger partial charge in [-0.15, -0.1) is 0 Å². The number of benzene rings is 1. The molecule has 0 spiro atoms. The molecule has 1 aromatic heterocycles. The third-order valence-corrected chi connectivity index (χ3v) is 6.28. The quantitative estimate of drug-likeness (QED) is 0.697. The zero-order valence-electron chi connectivity index (χ0n) is 14.2. The van der Waals surface area contributed by atoms with Gasteiger partial charge in [0.25, 0.3) is 5.56 Å². The van der Waals surface area contributed by atoms with Gasteiger partial charge in [0.15, 0.2) is 0 Å². The highest BCUT2D eigenvalue weighted by atomic mass is 35.5. The molecule has 2 heterocycles. The molecule has 0 amide bonds. The molecule has 0 saturated carbocycles. The Morgan fingerprint density at radius 2 is 2.19 bits per heavy atom. The molecule has 26 heavy (non-hydrogen) atoms. The second-order valence-electron chi connectivity index (χ2n) is 5.98. The molecule has 3 rings (SSSR count). The van der Waals surface area contributed by atoms with E-state index in [1.165, 1.54) is 16.3 Å². The molecule has 0 radical (unpaired) electrons. The molecule has 0 bridgehead atoms. The van der Waals surface area contributed by atoms with Crippen LogP contribution in [0.4, 0.5) is 11.8 Å². The molecule has 5 N–H and O–H groups in total. The molecule has 7 nitrogen and oxygen atoms in total. The highest BCUT2D eigenvalue weighted by molar-refractivity contribution is 7.99. The van der Waals surface area contributed by atoms with Crippen LogP contribution in [0.1, 0.15) is 0 Å².